The van der Waals surface area contributed by atoms with Crippen molar-refractivity contribution in [2.24, 2.45) is 16.6 Å². The molecule has 0 spiro atoms. The molecule has 0 saturated heterocycles. The van der Waals surface area contributed by atoms with Gasteiger partial charge in [0.2, 0.25) is 11.8 Å². The number of thioether (sulfide) groups is 1. The number of ether oxygens (including phenoxy) is 2. The molecule has 3 atom stereocenters. The van der Waals surface area contributed by atoms with Gasteiger partial charge in [-0.2, -0.15) is 4.39 Å². The number of aliphatic imine (C=N–C) groups is 1. The van der Waals surface area contributed by atoms with Crippen molar-refractivity contribution in [2.75, 3.05) is 18.5 Å². The number of anilines is 1. The lowest BCUT2D eigenvalue weighted by Gasteiger charge is -2.35. The van der Waals surface area contributed by atoms with Gasteiger partial charge in [-0.15, -0.1) is 6.42 Å². The van der Waals surface area contributed by atoms with Gasteiger partial charge in [0.15, 0.2) is 11.8 Å². The Hall–Kier alpha value is -3.04. The molecule has 1 aliphatic heterocycles. The van der Waals surface area contributed by atoms with Gasteiger partial charge in [0.05, 0.1) is 41.2 Å². The quantitative estimate of drug-likeness (QED) is 0.269. The standard InChI is InChI=1S/C21H24B3FN6O3S/c1-3-4-33-15-9-27-13(8-28-15)17(32)30-11-5-12(16(25)29-7-11)19(2)14-6-20(14,35-18(26)31-19)10-34-21(22,23)24/h1,5,7-9,14H,4,6,10,22-24H2,2H3,(H2,26,31)(H,30,32)/t14-,19+,20+/m0/s1. The van der Waals surface area contributed by atoms with Crippen LogP contribution in [0.1, 0.15) is 29.4 Å². The number of rotatable bonds is 8. The summed E-state index contributed by atoms with van der Waals surface area (Å²) in [5.74, 6) is 1.32. The van der Waals surface area contributed by atoms with Crippen molar-refractivity contribution >= 4 is 52.1 Å². The number of fused-ring (bicyclic) bond motifs is 1. The first-order valence-electron chi connectivity index (χ1n) is 11.0. The lowest BCUT2D eigenvalue weighted by atomic mass is 9.52. The number of amides is 1. The first kappa shape index (κ1) is 25.1. The molecule has 9 nitrogen and oxygen atoms in total. The number of pyridine rings is 1. The van der Waals surface area contributed by atoms with Crippen molar-refractivity contribution in [2.45, 2.75) is 28.9 Å². The normalized spacial score (nSPS) is 25.1. The number of hydrogen-bond donors (Lipinski definition) is 2. The van der Waals surface area contributed by atoms with E-state index in [0.717, 1.165) is 6.42 Å². The molecule has 35 heavy (non-hydrogen) atoms. The summed E-state index contributed by atoms with van der Waals surface area (Å²) in [7, 11) is 5.97. The first-order valence-corrected chi connectivity index (χ1v) is 11.8. The molecule has 1 saturated carbocycles. The highest BCUT2D eigenvalue weighted by atomic mass is 32.2. The van der Waals surface area contributed by atoms with E-state index in [4.69, 9.17) is 21.6 Å². The maximum atomic E-state index is 15.0. The Morgan fingerprint density at radius 2 is 2.14 bits per heavy atom. The van der Waals surface area contributed by atoms with E-state index in [9.17, 15) is 4.79 Å². The summed E-state index contributed by atoms with van der Waals surface area (Å²) in [6, 6.07) is 1.54. The Morgan fingerprint density at radius 1 is 1.37 bits per heavy atom. The number of carbonyl (C=O) groups is 1. The Balaban J connectivity index is 1.55. The molecule has 3 N–H and O–H groups in total. The van der Waals surface area contributed by atoms with Crippen LogP contribution in [0.5, 0.6) is 5.88 Å². The second-order valence-electron chi connectivity index (χ2n) is 9.67. The Kier molecular flexibility index (Phi) is 6.59. The molecule has 0 radical (unpaired) electrons. The number of halogens is 1. The minimum atomic E-state index is -0.954. The van der Waals surface area contributed by atoms with E-state index >= 15 is 4.39 Å². The van der Waals surface area contributed by atoms with Gasteiger partial charge in [-0.05, 0) is 24.7 Å². The fourth-order valence-corrected chi connectivity index (χ4v) is 5.51. The van der Waals surface area contributed by atoms with Crippen molar-refractivity contribution < 1.29 is 18.7 Å². The molecule has 0 unspecified atom stereocenters. The van der Waals surface area contributed by atoms with Crippen LogP contribution >= 0.6 is 11.8 Å². The highest BCUT2D eigenvalue weighted by Gasteiger charge is 2.67. The smallest absolute Gasteiger partial charge is 0.275 e. The molecular weight excluding hydrogens is 468 g/mol. The van der Waals surface area contributed by atoms with Crippen molar-refractivity contribution in [1.82, 2.24) is 15.0 Å². The molecule has 4 rings (SSSR count). The average Bonchev–Trinajstić information content (AvgIpc) is 3.53. The molecule has 14 heteroatoms. The van der Waals surface area contributed by atoms with Crippen LogP contribution in [0, 0.1) is 24.2 Å². The summed E-state index contributed by atoms with van der Waals surface area (Å²) in [6.45, 7) is 2.36. The molecule has 0 aromatic carbocycles. The van der Waals surface area contributed by atoms with Crippen LogP contribution in [0.2, 0.25) is 0 Å². The lowest BCUT2D eigenvalue weighted by molar-refractivity contribution is 0.102. The third kappa shape index (κ3) is 5.31. The van der Waals surface area contributed by atoms with E-state index in [1.54, 1.807) is 6.07 Å². The van der Waals surface area contributed by atoms with Gasteiger partial charge in [0, 0.05) is 11.5 Å². The third-order valence-corrected chi connectivity index (χ3v) is 7.19. The van der Waals surface area contributed by atoms with Crippen molar-refractivity contribution in [1.29, 1.82) is 0 Å². The summed E-state index contributed by atoms with van der Waals surface area (Å²) < 4.78 is 25.9. The van der Waals surface area contributed by atoms with Crippen LogP contribution in [0.25, 0.3) is 0 Å². The highest BCUT2D eigenvalue weighted by molar-refractivity contribution is 8.15. The molecule has 0 bridgehead atoms. The summed E-state index contributed by atoms with van der Waals surface area (Å²) in [5.41, 5.74) is 5.83. The van der Waals surface area contributed by atoms with E-state index in [-0.39, 0.29) is 39.7 Å². The Bertz CT molecular complexity index is 1220. The minimum Gasteiger partial charge on any atom is -0.463 e. The summed E-state index contributed by atoms with van der Waals surface area (Å²) in [5, 5.41) is 2.74. The van der Waals surface area contributed by atoms with Gasteiger partial charge in [0.25, 0.3) is 5.91 Å². The SMILES string of the molecule is BC(B)(B)OC[C@]12C[C@H]1[C@@](C)(c1cc(NC(=O)c3cnc(OCC#C)cn3)cnc1F)N=C(N)S2. The molecular formula is C21H24B3FN6O3S. The van der Waals surface area contributed by atoms with Crippen LogP contribution < -0.4 is 15.8 Å². The van der Waals surface area contributed by atoms with Crippen LogP contribution in [0.4, 0.5) is 10.1 Å². The monoisotopic (exact) mass is 492 g/mol. The van der Waals surface area contributed by atoms with Crippen molar-refractivity contribution in [3.63, 3.8) is 0 Å². The van der Waals surface area contributed by atoms with E-state index in [0.29, 0.717) is 17.5 Å². The van der Waals surface area contributed by atoms with Crippen LogP contribution in [-0.4, -0.2) is 72.8 Å². The van der Waals surface area contributed by atoms with Crippen LogP contribution in [0.15, 0.2) is 29.6 Å². The fraction of sp³-hybridized carbons (Fsp3) is 0.381. The first-order chi connectivity index (χ1) is 16.5. The second-order valence-corrected chi connectivity index (χ2v) is 11.1. The Morgan fingerprint density at radius 3 is 2.80 bits per heavy atom. The zero-order valence-corrected chi connectivity index (χ0v) is 20.8. The highest BCUT2D eigenvalue weighted by Crippen LogP contribution is 2.66. The number of nitrogens with one attached hydrogen (secondary N) is 1. The maximum absolute atomic E-state index is 15.0. The molecule has 178 valence electrons. The average molecular weight is 492 g/mol. The van der Waals surface area contributed by atoms with E-state index < -0.39 is 17.4 Å². The molecule has 1 fully saturated rings. The zero-order valence-electron chi connectivity index (χ0n) is 20.0. The predicted octanol–water partition coefficient (Wildman–Crippen LogP) is -1.16. The fourth-order valence-electron chi connectivity index (χ4n) is 4.11. The van der Waals surface area contributed by atoms with Gasteiger partial charge >= 0.3 is 0 Å². The minimum absolute atomic E-state index is 0.00155. The maximum Gasteiger partial charge on any atom is 0.275 e. The number of nitrogens with zero attached hydrogens (tertiary/aromatic N) is 4. The van der Waals surface area contributed by atoms with Crippen LogP contribution in [0.3, 0.4) is 0 Å². The lowest BCUT2D eigenvalue weighted by Crippen LogP contribution is -2.42. The topological polar surface area (TPSA) is 125 Å². The van der Waals surface area contributed by atoms with Gasteiger partial charge in [-0.25, -0.2) is 15.0 Å². The Labute approximate surface area is 209 Å². The number of amidine groups is 1. The van der Waals surface area contributed by atoms with Crippen molar-refractivity contribution in [3.05, 3.63) is 41.9 Å². The largest absolute Gasteiger partial charge is 0.463 e. The molecule has 1 amide bonds. The van der Waals surface area contributed by atoms with E-state index in [1.807, 2.05) is 30.5 Å². The number of carbonyl (C=O) groups excluding carboxylic acids is 1. The molecule has 2 aliphatic rings. The van der Waals surface area contributed by atoms with Gasteiger partial charge in [0.1, 0.15) is 29.2 Å². The number of nitrogens with two attached hydrogens (primary N) is 1. The summed E-state index contributed by atoms with van der Waals surface area (Å²) in [6.07, 6.45) is 9.71. The van der Waals surface area contributed by atoms with Gasteiger partial charge in [-0.3, -0.25) is 9.79 Å². The number of hydrogen-bond acceptors (Lipinski definition) is 9. The molecule has 2 aromatic heterocycles. The van der Waals surface area contributed by atoms with Gasteiger partial charge in [-0.1, -0.05) is 17.7 Å². The summed E-state index contributed by atoms with van der Waals surface area (Å²) >= 11 is 1.48. The zero-order chi connectivity index (χ0) is 25.4. The van der Waals surface area contributed by atoms with E-state index in [2.05, 4.69) is 31.2 Å². The third-order valence-electron chi connectivity index (χ3n) is 5.91. The second kappa shape index (κ2) is 9.20. The number of terminal acetylenes is 1. The molecule has 1 aliphatic carbocycles. The number of aromatic nitrogens is 3. The van der Waals surface area contributed by atoms with E-state index in [1.165, 1.54) is 30.4 Å². The summed E-state index contributed by atoms with van der Waals surface area (Å²) in [4.78, 5) is 29.2. The van der Waals surface area contributed by atoms with Crippen LogP contribution in [-0.2, 0) is 10.3 Å². The van der Waals surface area contributed by atoms with Crippen molar-refractivity contribution in [3.8, 4) is 18.2 Å². The molecule has 2 aromatic rings. The molecule has 3 heterocycles. The predicted molar refractivity (Wildman–Crippen MR) is 140 cm³/mol. The van der Waals surface area contributed by atoms with Gasteiger partial charge < -0.3 is 20.5 Å².